The van der Waals surface area contributed by atoms with Crippen molar-refractivity contribution in [1.29, 1.82) is 0 Å². The number of nitrogens with two attached hydrogens (primary N) is 1. The molecular formula is C11H12N2O2. The molecule has 78 valence electrons. The summed E-state index contributed by atoms with van der Waals surface area (Å²) in [5, 5.41) is 2.60. The van der Waals surface area contributed by atoms with Crippen molar-refractivity contribution in [2.24, 2.45) is 5.73 Å². The molecule has 0 aliphatic rings. The van der Waals surface area contributed by atoms with Crippen LogP contribution in [0.15, 0.2) is 36.4 Å². The van der Waals surface area contributed by atoms with Crippen LogP contribution in [0.3, 0.4) is 0 Å². The molecule has 1 aromatic rings. The number of amides is 2. The highest BCUT2D eigenvalue weighted by Gasteiger charge is 1.97. The molecule has 0 heterocycles. The molecule has 0 aliphatic heterocycles. The van der Waals surface area contributed by atoms with Gasteiger partial charge < -0.3 is 11.1 Å². The summed E-state index contributed by atoms with van der Waals surface area (Å²) in [6.45, 7) is 1.93. The molecule has 0 spiro atoms. The molecule has 4 nitrogen and oxygen atoms in total. The Labute approximate surface area is 87.8 Å². The lowest BCUT2D eigenvalue weighted by molar-refractivity contribution is -0.115. The van der Waals surface area contributed by atoms with E-state index in [1.54, 1.807) is 6.07 Å². The van der Waals surface area contributed by atoms with Crippen molar-refractivity contribution in [1.82, 2.24) is 0 Å². The van der Waals surface area contributed by atoms with E-state index in [4.69, 9.17) is 5.73 Å². The summed E-state index contributed by atoms with van der Waals surface area (Å²) in [6, 6.07) is 7.36. The van der Waals surface area contributed by atoms with Gasteiger partial charge in [0, 0.05) is 17.8 Å². The molecule has 0 aliphatic carbocycles. The topological polar surface area (TPSA) is 72.2 Å². The Balaban J connectivity index is 2.63. The maximum Gasteiger partial charge on any atom is 0.248 e. The van der Waals surface area contributed by atoms with Gasteiger partial charge in [-0.05, 0) is 24.6 Å². The second-order valence-corrected chi connectivity index (χ2v) is 3.09. The number of benzene rings is 1. The Kier molecular flexibility index (Phi) is 3.62. The fourth-order valence-corrected chi connectivity index (χ4v) is 1.06. The number of nitrogens with one attached hydrogen (secondary N) is 1. The number of aryl methyl sites for hydroxylation is 1. The fourth-order valence-electron chi connectivity index (χ4n) is 1.06. The Morgan fingerprint density at radius 3 is 2.67 bits per heavy atom. The van der Waals surface area contributed by atoms with Crippen LogP contribution in [0.5, 0.6) is 0 Å². The van der Waals surface area contributed by atoms with Gasteiger partial charge in [0.2, 0.25) is 11.8 Å². The zero-order valence-electron chi connectivity index (χ0n) is 8.36. The number of hydrogen-bond acceptors (Lipinski definition) is 2. The SMILES string of the molecule is Cc1cccc(NC(=O)/C=C/C(N)=O)c1. The van der Waals surface area contributed by atoms with Gasteiger partial charge in [0.05, 0.1) is 0 Å². The number of carbonyl (C=O) groups is 2. The average Bonchev–Trinajstić information content (AvgIpc) is 2.15. The molecule has 3 N–H and O–H groups in total. The lowest BCUT2D eigenvalue weighted by Gasteiger charge is -2.02. The second kappa shape index (κ2) is 4.95. The lowest BCUT2D eigenvalue weighted by atomic mass is 10.2. The van der Waals surface area contributed by atoms with Crippen molar-refractivity contribution in [3.05, 3.63) is 42.0 Å². The molecule has 0 fully saturated rings. The molecule has 0 unspecified atom stereocenters. The molecule has 4 heteroatoms. The first-order chi connectivity index (χ1) is 7.08. The van der Waals surface area contributed by atoms with E-state index < -0.39 is 5.91 Å². The van der Waals surface area contributed by atoms with Crippen LogP contribution in [0.4, 0.5) is 5.69 Å². The Hall–Kier alpha value is -2.10. The van der Waals surface area contributed by atoms with Crippen molar-refractivity contribution < 1.29 is 9.59 Å². The number of primary amides is 1. The fraction of sp³-hybridized carbons (Fsp3) is 0.0909. The third kappa shape index (κ3) is 4.08. The first kappa shape index (κ1) is 11.0. The molecule has 1 rings (SSSR count). The molecule has 0 bridgehead atoms. The maximum absolute atomic E-state index is 11.2. The van der Waals surface area contributed by atoms with E-state index in [9.17, 15) is 9.59 Å². The highest BCUT2D eigenvalue weighted by molar-refractivity contribution is 6.03. The largest absolute Gasteiger partial charge is 0.366 e. The van der Waals surface area contributed by atoms with E-state index in [1.807, 2.05) is 25.1 Å². The summed E-state index contributed by atoms with van der Waals surface area (Å²) in [4.78, 5) is 21.6. The first-order valence-electron chi connectivity index (χ1n) is 4.43. The number of hydrogen-bond donors (Lipinski definition) is 2. The van der Waals surface area contributed by atoms with Crippen LogP contribution in [-0.4, -0.2) is 11.8 Å². The molecule has 2 amide bonds. The number of carbonyl (C=O) groups excluding carboxylic acids is 2. The molecule has 0 saturated heterocycles. The van der Waals surface area contributed by atoms with Gasteiger partial charge in [-0.3, -0.25) is 9.59 Å². The van der Waals surface area contributed by atoms with E-state index in [1.165, 1.54) is 0 Å². The number of rotatable bonds is 3. The third-order valence-corrected chi connectivity index (χ3v) is 1.68. The third-order valence-electron chi connectivity index (χ3n) is 1.68. The van der Waals surface area contributed by atoms with Gasteiger partial charge in [0.25, 0.3) is 0 Å². The van der Waals surface area contributed by atoms with Gasteiger partial charge in [0.1, 0.15) is 0 Å². The van der Waals surface area contributed by atoms with Gasteiger partial charge in [-0.25, -0.2) is 0 Å². The highest BCUT2D eigenvalue weighted by atomic mass is 16.2. The van der Waals surface area contributed by atoms with E-state index in [0.29, 0.717) is 5.69 Å². The molecule has 0 saturated carbocycles. The summed E-state index contributed by atoms with van der Waals surface area (Å²) in [5.74, 6) is -1.02. The molecule has 15 heavy (non-hydrogen) atoms. The zero-order valence-corrected chi connectivity index (χ0v) is 8.36. The van der Waals surface area contributed by atoms with Gasteiger partial charge >= 0.3 is 0 Å². The predicted octanol–water partition coefficient (Wildman–Crippen LogP) is 0.975. The van der Waals surface area contributed by atoms with Crippen molar-refractivity contribution in [3.8, 4) is 0 Å². The van der Waals surface area contributed by atoms with Gasteiger partial charge in [-0.1, -0.05) is 12.1 Å². The minimum atomic E-state index is -0.644. The Bertz CT molecular complexity index is 411. The Morgan fingerprint density at radius 2 is 2.07 bits per heavy atom. The van der Waals surface area contributed by atoms with Crippen molar-refractivity contribution in [2.45, 2.75) is 6.92 Å². The molecule has 0 atom stereocenters. The zero-order chi connectivity index (χ0) is 11.3. The molecule has 0 aromatic heterocycles. The predicted molar refractivity (Wildman–Crippen MR) is 58.1 cm³/mol. The van der Waals surface area contributed by atoms with E-state index in [0.717, 1.165) is 17.7 Å². The second-order valence-electron chi connectivity index (χ2n) is 3.09. The van der Waals surface area contributed by atoms with Crippen LogP contribution in [0, 0.1) is 6.92 Å². The summed E-state index contributed by atoms with van der Waals surface area (Å²) < 4.78 is 0. The monoisotopic (exact) mass is 204 g/mol. The van der Waals surface area contributed by atoms with Gasteiger partial charge in [-0.15, -0.1) is 0 Å². The normalized spacial score (nSPS) is 10.2. The van der Waals surface area contributed by atoms with E-state index in [2.05, 4.69) is 5.32 Å². The van der Waals surface area contributed by atoms with Gasteiger partial charge in [0.15, 0.2) is 0 Å². The standard InChI is InChI=1S/C11H12N2O2/c1-8-3-2-4-9(7-8)13-11(15)6-5-10(12)14/h2-7H,1H3,(H2,12,14)(H,13,15)/b6-5+. The maximum atomic E-state index is 11.2. The first-order valence-corrected chi connectivity index (χ1v) is 4.43. The van der Waals surface area contributed by atoms with Gasteiger partial charge in [-0.2, -0.15) is 0 Å². The number of anilines is 1. The van der Waals surface area contributed by atoms with Crippen LogP contribution in [0.1, 0.15) is 5.56 Å². The summed E-state index contributed by atoms with van der Waals surface area (Å²) >= 11 is 0. The minimum Gasteiger partial charge on any atom is -0.366 e. The minimum absolute atomic E-state index is 0.376. The van der Waals surface area contributed by atoms with Crippen LogP contribution >= 0.6 is 0 Å². The highest BCUT2D eigenvalue weighted by Crippen LogP contribution is 2.09. The van der Waals surface area contributed by atoms with Crippen LogP contribution in [-0.2, 0) is 9.59 Å². The van der Waals surface area contributed by atoms with Crippen molar-refractivity contribution in [3.63, 3.8) is 0 Å². The van der Waals surface area contributed by atoms with Crippen LogP contribution in [0.2, 0.25) is 0 Å². The summed E-state index contributed by atoms with van der Waals surface area (Å²) in [7, 11) is 0. The summed E-state index contributed by atoms with van der Waals surface area (Å²) in [6.07, 6.45) is 2.12. The smallest absolute Gasteiger partial charge is 0.248 e. The van der Waals surface area contributed by atoms with Crippen molar-refractivity contribution >= 4 is 17.5 Å². The molecule has 1 aromatic carbocycles. The van der Waals surface area contributed by atoms with Crippen LogP contribution < -0.4 is 11.1 Å². The van der Waals surface area contributed by atoms with E-state index >= 15 is 0 Å². The van der Waals surface area contributed by atoms with Crippen LogP contribution in [0.25, 0.3) is 0 Å². The quantitative estimate of drug-likeness (QED) is 0.720. The average molecular weight is 204 g/mol. The lowest BCUT2D eigenvalue weighted by Crippen LogP contribution is -2.11. The van der Waals surface area contributed by atoms with Crippen molar-refractivity contribution in [2.75, 3.05) is 5.32 Å². The summed E-state index contributed by atoms with van der Waals surface area (Å²) in [5.41, 5.74) is 6.59. The molecular weight excluding hydrogens is 192 g/mol. The molecule has 0 radical (unpaired) electrons. The Morgan fingerprint density at radius 1 is 1.33 bits per heavy atom. The van der Waals surface area contributed by atoms with E-state index in [-0.39, 0.29) is 5.91 Å².